The average molecular weight is 425 g/mol. The van der Waals surface area contributed by atoms with Crippen LogP contribution in [0.1, 0.15) is 0 Å². The average Bonchev–Trinajstić information content (AvgIpc) is 2.74. The van der Waals surface area contributed by atoms with E-state index in [-0.39, 0.29) is 0 Å². The van der Waals surface area contributed by atoms with Crippen LogP contribution in [0.15, 0.2) is 97.6 Å². The molecule has 0 aliphatic rings. The first-order chi connectivity index (χ1) is 13.3. The maximum atomic E-state index is 3.92. The zero-order chi connectivity index (χ0) is 18.9. The van der Waals surface area contributed by atoms with Gasteiger partial charge in [0, 0.05) is 5.75 Å². The highest BCUT2D eigenvalue weighted by Gasteiger charge is 2.06. The van der Waals surface area contributed by atoms with Gasteiger partial charge in [0.25, 0.3) is 0 Å². The Labute approximate surface area is 177 Å². The quantitative estimate of drug-likeness (QED) is 0.147. The van der Waals surface area contributed by atoms with Crippen molar-refractivity contribution >= 4 is 63.7 Å². The molecular formula is C23H20S4. The minimum Gasteiger partial charge on any atom is -0.102 e. The maximum absolute atomic E-state index is 3.92. The number of fused-ring (bicyclic) bond motifs is 2. The van der Waals surface area contributed by atoms with E-state index >= 15 is 0 Å². The van der Waals surface area contributed by atoms with Crippen molar-refractivity contribution in [2.75, 3.05) is 5.75 Å². The lowest BCUT2D eigenvalue weighted by Crippen LogP contribution is -1.83. The molecular weight excluding hydrogens is 405 g/mol. The standard InChI is InChI=1S/C20H14.C3H6S4/c1-3-11-17-15(7-1)9-5-13-19(17)20-14-6-10-16-8-2-4-12-18(16)20;1-2-3-5-7-6-4/h1-14H;2,4H,1,3H2. The predicted octanol–water partition coefficient (Wildman–Crippen LogP) is 8.71. The smallest absolute Gasteiger partial charge is 0.0223 e. The Morgan fingerprint density at radius 3 is 1.67 bits per heavy atom. The number of rotatable bonds is 5. The Balaban J connectivity index is 0.000000260. The molecule has 0 aromatic heterocycles. The molecule has 0 atom stereocenters. The van der Waals surface area contributed by atoms with Crippen LogP contribution in [0.3, 0.4) is 0 Å². The van der Waals surface area contributed by atoms with Crippen LogP contribution < -0.4 is 0 Å². The summed E-state index contributed by atoms with van der Waals surface area (Å²) < 4.78 is 0. The van der Waals surface area contributed by atoms with Gasteiger partial charge in [-0.2, -0.15) is 0 Å². The first kappa shape index (κ1) is 20.3. The lowest BCUT2D eigenvalue weighted by molar-refractivity contribution is 1.68. The van der Waals surface area contributed by atoms with Crippen molar-refractivity contribution in [3.63, 3.8) is 0 Å². The molecule has 0 saturated heterocycles. The predicted molar refractivity (Wildman–Crippen MR) is 134 cm³/mol. The molecule has 0 bridgehead atoms. The van der Waals surface area contributed by atoms with Crippen molar-refractivity contribution in [3.05, 3.63) is 97.6 Å². The largest absolute Gasteiger partial charge is 0.102 e. The summed E-state index contributed by atoms with van der Waals surface area (Å²) in [6.07, 6.45) is 1.88. The van der Waals surface area contributed by atoms with Crippen LogP contribution >= 0.6 is 42.1 Å². The van der Waals surface area contributed by atoms with Crippen LogP contribution in [0.5, 0.6) is 0 Å². The summed E-state index contributed by atoms with van der Waals surface area (Å²) >= 11 is 3.92. The Kier molecular flexibility index (Phi) is 8.09. The number of thiol groups is 1. The second-order valence-corrected chi connectivity index (χ2v) is 10.8. The molecule has 0 unspecified atom stereocenters. The van der Waals surface area contributed by atoms with E-state index in [0.717, 1.165) is 5.75 Å². The van der Waals surface area contributed by atoms with E-state index in [4.69, 9.17) is 0 Å². The van der Waals surface area contributed by atoms with Crippen LogP contribution in [0.2, 0.25) is 0 Å². The Morgan fingerprint density at radius 2 is 1.19 bits per heavy atom. The molecule has 0 amide bonds. The van der Waals surface area contributed by atoms with E-state index in [1.165, 1.54) is 42.5 Å². The van der Waals surface area contributed by atoms with E-state index < -0.39 is 0 Å². The van der Waals surface area contributed by atoms with Crippen molar-refractivity contribution in [2.24, 2.45) is 0 Å². The summed E-state index contributed by atoms with van der Waals surface area (Å²) in [5.41, 5.74) is 2.61. The second kappa shape index (κ2) is 10.8. The molecule has 0 aliphatic heterocycles. The summed E-state index contributed by atoms with van der Waals surface area (Å²) in [4.78, 5) is 0. The van der Waals surface area contributed by atoms with E-state index in [1.807, 2.05) is 6.08 Å². The minimum atomic E-state index is 0.998. The van der Waals surface area contributed by atoms with E-state index in [9.17, 15) is 0 Å². The van der Waals surface area contributed by atoms with Gasteiger partial charge in [0.2, 0.25) is 0 Å². The molecule has 0 N–H and O–H groups in total. The highest BCUT2D eigenvalue weighted by atomic mass is 33.7. The molecule has 0 fully saturated rings. The molecule has 4 aromatic rings. The van der Waals surface area contributed by atoms with E-state index in [1.54, 1.807) is 20.6 Å². The normalized spacial score (nSPS) is 10.4. The second-order valence-electron chi connectivity index (χ2n) is 5.77. The Morgan fingerprint density at radius 1 is 0.704 bits per heavy atom. The zero-order valence-corrected chi connectivity index (χ0v) is 18.1. The van der Waals surface area contributed by atoms with Crippen LogP contribution in [0, 0.1) is 0 Å². The fourth-order valence-electron chi connectivity index (χ4n) is 3.02. The summed E-state index contributed by atoms with van der Waals surface area (Å²) in [5, 5.41) is 5.20. The van der Waals surface area contributed by atoms with Crippen LogP contribution in [-0.4, -0.2) is 5.75 Å². The topological polar surface area (TPSA) is 0 Å². The molecule has 0 heterocycles. The molecule has 0 radical (unpaired) electrons. The van der Waals surface area contributed by atoms with Crippen LogP contribution in [0.4, 0.5) is 0 Å². The molecule has 0 aliphatic carbocycles. The first-order valence-electron chi connectivity index (χ1n) is 8.51. The van der Waals surface area contributed by atoms with Gasteiger partial charge >= 0.3 is 0 Å². The van der Waals surface area contributed by atoms with Crippen molar-refractivity contribution in [1.82, 2.24) is 0 Å². The molecule has 0 saturated carbocycles. The maximum Gasteiger partial charge on any atom is 0.0223 e. The van der Waals surface area contributed by atoms with E-state index in [2.05, 4.69) is 103 Å². The Hall–Kier alpha value is -1.46. The molecule has 27 heavy (non-hydrogen) atoms. The number of hydrogen-bond donors (Lipinski definition) is 1. The van der Waals surface area contributed by atoms with E-state index in [0.29, 0.717) is 0 Å². The molecule has 136 valence electrons. The summed E-state index contributed by atoms with van der Waals surface area (Å²) in [6.45, 7) is 3.56. The van der Waals surface area contributed by atoms with Crippen molar-refractivity contribution in [1.29, 1.82) is 0 Å². The SMILES string of the molecule is C=CCSSSS.c1ccc2c(-c3cccc4ccccc34)cccc2c1. The van der Waals surface area contributed by atoms with Crippen LogP contribution in [-0.2, 0) is 0 Å². The van der Waals surface area contributed by atoms with Gasteiger partial charge < -0.3 is 0 Å². The highest BCUT2D eigenvalue weighted by molar-refractivity contribution is 9.23. The summed E-state index contributed by atoms with van der Waals surface area (Å²) in [7, 11) is 4.87. The highest BCUT2D eigenvalue weighted by Crippen LogP contribution is 2.36. The lowest BCUT2D eigenvalue weighted by atomic mass is 9.94. The van der Waals surface area contributed by atoms with Crippen molar-refractivity contribution < 1.29 is 0 Å². The third-order valence-corrected chi connectivity index (χ3v) is 8.60. The number of hydrogen-bond acceptors (Lipinski definition) is 4. The molecule has 0 nitrogen and oxygen atoms in total. The summed E-state index contributed by atoms with van der Waals surface area (Å²) in [5.74, 6) is 0.998. The fourth-order valence-corrected chi connectivity index (χ4v) is 5.85. The van der Waals surface area contributed by atoms with Gasteiger partial charge in [0.1, 0.15) is 0 Å². The van der Waals surface area contributed by atoms with Gasteiger partial charge in [-0.25, -0.2) is 0 Å². The first-order valence-corrected chi connectivity index (χ1v) is 13.2. The van der Waals surface area contributed by atoms with Crippen molar-refractivity contribution in [3.8, 4) is 11.1 Å². The van der Waals surface area contributed by atoms with Gasteiger partial charge in [0.05, 0.1) is 0 Å². The minimum absolute atomic E-state index is 0.998. The summed E-state index contributed by atoms with van der Waals surface area (Å²) in [6, 6.07) is 30.2. The Bertz CT molecular complexity index is 939. The third kappa shape index (κ3) is 5.29. The lowest BCUT2D eigenvalue weighted by Gasteiger charge is -2.10. The molecule has 0 spiro atoms. The van der Waals surface area contributed by atoms with Crippen LogP contribution in [0.25, 0.3) is 32.7 Å². The van der Waals surface area contributed by atoms with Gasteiger partial charge in [0.15, 0.2) is 0 Å². The fraction of sp³-hybridized carbons (Fsp3) is 0.0435. The third-order valence-electron chi connectivity index (χ3n) is 4.13. The van der Waals surface area contributed by atoms with Gasteiger partial charge in [-0.3, -0.25) is 0 Å². The molecule has 4 rings (SSSR count). The number of benzene rings is 4. The zero-order valence-electron chi connectivity index (χ0n) is 14.7. The molecule has 4 aromatic carbocycles. The van der Waals surface area contributed by atoms with Gasteiger partial charge in [-0.05, 0) is 52.3 Å². The van der Waals surface area contributed by atoms with Gasteiger partial charge in [-0.1, -0.05) is 113 Å². The monoisotopic (exact) mass is 424 g/mol. The van der Waals surface area contributed by atoms with Gasteiger partial charge in [-0.15, -0.1) is 6.58 Å². The molecule has 4 heteroatoms. The van der Waals surface area contributed by atoms with Crippen molar-refractivity contribution in [2.45, 2.75) is 0 Å².